The lowest BCUT2D eigenvalue weighted by Crippen LogP contribution is -2.65. The fourth-order valence-corrected chi connectivity index (χ4v) is 4.68. The van der Waals surface area contributed by atoms with Gasteiger partial charge in [-0.15, -0.1) is 0 Å². The molecule has 2 saturated heterocycles. The largest absolute Gasteiger partial charge is 0.327 e. The zero-order valence-corrected chi connectivity index (χ0v) is 18.0. The molecule has 160 valence electrons. The molecule has 31 heavy (non-hydrogen) atoms. The fraction of sp³-hybridized carbons (Fsp3) is 0.318. The third-order valence-corrected chi connectivity index (χ3v) is 6.51. The second kappa shape index (κ2) is 7.64. The number of fused-ring (bicyclic) bond motifs is 3. The van der Waals surface area contributed by atoms with Crippen molar-refractivity contribution in [2.24, 2.45) is 5.10 Å². The van der Waals surface area contributed by atoms with Crippen molar-refractivity contribution in [2.75, 3.05) is 20.6 Å². The molecule has 2 aromatic carbocycles. The highest BCUT2D eigenvalue weighted by atomic mass is 35.5. The lowest BCUT2D eigenvalue weighted by Gasteiger charge is -2.41. The Bertz CT molecular complexity index is 1060. The summed E-state index contributed by atoms with van der Waals surface area (Å²) in [4.78, 5) is 30.5. The minimum absolute atomic E-state index is 0.213. The number of nitrogens with zero attached hydrogens (tertiary/aromatic N) is 5. The fourth-order valence-electron chi connectivity index (χ4n) is 4.48. The molecule has 3 aliphatic rings. The zero-order chi connectivity index (χ0) is 21.7. The Balaban J connectivity index is 1.55. The second-order valence-corrected chi connectivity index (χ2v) is 8.40. The van der Waals surface area contributed by atoms with E-state index in [0.29, 0.717) is 18.1 Å². The summed E-state index contributed by atoms with van der Waals surface area (Å²) in [6.07, 6.45) is -0.773. The number of amides is 3. The smallest absolute Gasteiger partial charge is 0.310 e. The van der Waals surface area contributed by atoms with Crippen LogP contribution in [0.2, 0.25) is 5.02 Å². The van der Waals surface area contributed by atoms with Gasteiger partial charge < -0.3 is 4.90 Å². The molecule has 0 aromatic heterocycles. The number of hydrogen-bond acceptors (Lipinski definition) is 6. The number of likely N-dealkylation sites (N-methyl/N-ethyl adjacent to an activating group) is 2. The van der Waals surface area contributed by atoms with Crippen LogP contribution in [-0.2, 0) is 11.3 Å². The van der Waals surface area contributed by atoms with Crippen LogP contribution in [0.1, 0.15) is 11.1 Å². The maximum absolute atomic E-state index is 13.1. The molecule has 3 aliphatic heterocycles. The van der Waals surface area contributed by atoms with Gasteiger partial charge >= 0.3 is 6.03 Å². The van der Waals surface area contributed by atoms with E-state index in [1.165, 1.54) is 11.9 Å². The Morgan fingerprint density at radius 3 is 2.52 bits per heavy atom. The summed E-state index contributed by atoms with van der Waals surface area (Å²) in [5, 5.41) is 11.0. The Hall–Kier alpha value is -2.94. The third kappa shape index (κ3) is 3.27. The van der Waals surface area contributed by atoms with Gasteiger partial charge in [0.15, 0.2) is 6.29 Å². The molecule has 8 nitrogen and oxygen atoms in total. The van der Waals surface area contributed by atoms with E-state index in [4.69, 9.17) is 16.7 Å². The molecule has 0 aliphatic carbocycles. The molecule has 2 fully saturated rings. The van der Waals surface area contributed by atoms with E-state index in [-0.39, 0.29) is 18.2 Å². The van der Waals surface area contributed by atoms with Crippen LogP contribution in [-0.4, -0.2) is 76.5 Å². The monoisotopic (exact) mass is 438 g/mol. The summed E-state index contributed by atoms with van der Waals surface area (Å²) in [7, 11) is 3.24. The van der Waals surface area contributed by atoms with Crippen molar-refractivity contribution in [1.82, 2.24) is 25.0 Å². The molecule has 1 N–H and O–H groups in total. The first-order chi connectivity index (χ1) is 15.0. The van der Waals surface area contributed by atoms with E-state index in [2.05, 4.69) is 10.2 Å². The predicted molar refractivity (Wildman–Crippen MR) is 117 cm³/mol. The Kier molecular flexibility index (Phi) is 4.92. The van der Waals surface area contributed by atoms with Crippen LogP contribution in [0.3, 0.4) is 0 Å². The van der Waals surface area contributed by atoms with Crippen molar-refractivity contribution in [3.63, 3.8) is 0 Å². The quantitative estimate of drug-likeness (QED) is 0.793. The summed E-state index contributed by atoms with van der Waals surface area (Å²) in [6, 6.07) is 16.8. The molecule has 0 spiro atoms. The van der Waals surface area contributed by atoms with Crippen molar-refractivity contribution in [3.05, 3.63) is 70.7 Å². The number of urea groups is 1. The third-order valence-electron chi connectivity index (χ3n) is 6.14. The molecule has 0 radical (unpaired) electrons. The number of imide groups is 1. The van der Waals surface area contributed by atoms with Gasteiger partial charge in [-0.05, 0) is 17.2 Å². The van der Waals surface area contributed by atoms with E-state index >= 15 is 0 Å². The number of rotatable bonds is 3. The van der Waals surface area contributed by atoms with Crippen LogP contribution in [0.15, 0.2) is 59.7 Å². The van der Waals surface area contributed by atoms with Crippen LogP contribution in [0.5, 0.6) is 0 Å². The van der Waals surface area contributed by atoms with Crippen molar-refractivity contribution in [1.29, 1.82) is 0 Å². The average molecular weight is 439 g/mol. The van der Waals surface area contributed by atoms with Crippen molar-refractivity contribution < 1.29 is 9.59 Å². The molecule has 3 heterocycles. The molecule has 0 saturated carbocycles. The van der Waals surface area contributed by atoms with Crippen molar-refractivity contribution in [2.45, 2.75) is 25.0 Å². The molecule has 0 bridgehead atoms. The minimum Gasteiger partial charge on any atom is -0.310 e. The van der Waals surface area contributed by atoms with Gasteiger partial charge in [0, 0.05) is 25.7 Å². The van der Waals surface area contributed by atoms with Crippen molar-refractivity contribution in [3.8, 4) is 0 Å². The number of carbonyl (C=O) groups is 2. The molecular weight excluding hydrogens is 416 g/mol. The van der Waals surface area contributed by atoms with Crippen LogP contribution < -0.4 is 5.32 Å². The summed E-state index contributed by atoms with van der Waals surface area (Å²) >= 11 is 6.42. The number of nitrogens with one attached hydrogen (secondary N) is 1. The van der Waals surface area contributed by atoms with Crippen LogP contribution >= 0.6 is 11.6 Å². The van der Waals surface area contributed by atoms with Gasteiger partial charge in [0.1, 0.15) is 12.2 Å². The second-order valence-electron chi connectivity index (χ2n) is 7.99. The first-order valence-electron chi connectivity index (χ1n) is 10.1. The number of hydrazone groups is 1. The summed E-state index contributed by atoms with van der Waals surface area (Å²) < 4.78 is 0. The number of hydrogen-bond donors (Lipinski definition) is 1. The van der Waals surface area contributed by atoms with E-state index in [9.17, 15) is 9.59 Å². The standard InChI is InChI=1S/C22H23ClN6O2/c1-26-19-18(20(30)27(2)22(26)31)28-13-17(14-8-4-3-5-9-14)25-29(21(28)24-19)12-15-10-6-7-11-16(15)23/h3-11,18-19,21,24H,12-13H2,1-2H3. The average Bonchev–Trinajstić information content (AvgIpc) is 3.18. The first kappa shape index (κ1) is 20.0. The Labute approximate surface area is 185 Å². The Morgan fingerprint density at radius 1 is 1.06 bits per heavy atom. The summed E-state index contributed by atoms with van der Waals surface area (Å²) in [5.41, 5.74) is 2.79. The first-order valence-corrected chi connectivity index (χ1v) is 10.5. The van der Waals surface area contributed by atoms with E-state index in [0.717, 1.165) is 16.8 Å². The normalized spacial score (nSPS) is 26.1. The molecule has 5 rings (SSSR count). The van der Waals surface area contributed by atoms with Gasteiger partial charge in [-0.2, -0.15) is 5.10 Å². The lowest BCUT2D eigenvalue weighted by atomic mass is 10.1. The van der Waals surface area contributed by atoms with Gasteiger partial charge in [-0.1, -0.05) is 60.1 Å². The number of halogens is 1. The zero-order valence-electron chi connectivity index (χ0n) is 17.3. The molecule has 3 unspecified atom stereocenters. The number of benzene rings is 2. The maximum atomic E-state index is 13.1. The maximum Gasteiger partial charge on any atom is 0.327 e. The lowest BCUT2D eigenvalue weighted by molar-refractivity contribution is -0.137. The van der Waals surface area contributed by atoms with Crippen LogP contribution in [0.4, 0.5) is 4.79 Å². The highest BCUT2D eigenvalue weighted by Crippen LogP contribution is 2.32. The predicted octanol–water partition coefficient (Wildman–Crippen LogP) is 1.97. The molecule has 3 amide bonds. The Morgan fingerprint density at radius 2 is 1.77 bits per heavy atom. The van der Waals surface area contributed by atoms with Crippen LogP contribution in [0, 0.1) is 0 Å². The molecule has 2 aromatic rings. The van der Waals surface area contributed by atoms with E-state index in [1.807, 2.05) is 59.6 Å². The molecular formula is C22H23ClN6O2. The highest BCUT2D eigenvalue weighted by Gasteiger charge is 2.55. The molecule has 3 atom stereocenters. The van der Waals surface area contributed by atoms with Crippen molar-refractivity contribution >= 4 is 29.3 Å². The van der Waals surface area contributed by atoms with Gasteiger partial charge in [0.2, 0.25) is 0 Å². The highest BCUT2D eigenvalue weighted by molar-refractivity contribution is 6.31. The van der Waals surface area contributed by atoms with Crippen LogP contribution in [0.25, 0.3) is 0 Å². The van der Waals surface area contributed by atoms with Gasteiger partial charge in [0.05, 0.1) is 12.3 Å². The molecule has 9 heteroatoms. The topological polar surface area (TPSA) is 71.5 Å². The summed E-state index contributed by atoms with van der Waals surface area (Å²) in [5.74, 6) is -0.213. The number of carbonyl (C=O) groups excluding carboxylic acids is 2. The summed E-state index contributed by atoms with van der Waals surface area (Å²) in [6.45, 7) is 0.953. The van der Waals surface area contributed by atoms with Gasteiger partial charge in [-0.3, -0.25) is 20.0 Å². The van der Waals surface area contributed by atoms with Gasteiger partial charge in [-0.25, -0.2) is 9.69 Å². The van der Waals surface area contributed by atoms with E-state index in [1.54, 1.807) is 11.9 Å². The van der Waals surface area contributed by atoms with Gasteiger partial charge in [0.25, 0.3) is 5.91 Å². The van der Waals surface area contributed by atoms with E-state index < -0.39 is 12.2 Å². The SMILES string of the molecule is CN1C(=O)C2C(NC3N(Cc4ccccc4Cl)N=C(c4ccccc4)CN23)N(C)C1=O. The minimum atomic E-state index is -0.499.